The maximum absolute atomic E-state index is 12.1. The zero-order chi connectivity index (χ0) is 14.8. The second kappa shape index (κ2) is 5.57. The number of nitrogens with one attached hydrogen (secondary N) is 1. The summed E-state index contributed by atoms with van der Waals surface area (Å²) >= 11 is 0. The minimum Gasteiger partial charge on any atom is -0.454 e. The molecule has 0 radical (unpaired) electrons. The van der Waals surface area contributed by atoms with E-state index in [0.29, 0.717) is 17.9 Å². The Kier molecular flexibility index (Phi) is 3.62. The summed E-state index contributed by atoms with van der Waals surface area (Å²) in [7, 11) is 1.66. The maximum atomic E-state index is 12.1. The molecule has 1 N–H and O–H groups in total. The number of benzene rings is 1. The number of hydrogen-bond donors (Lipinski definition) is 1. The quantitative estimate of drug-likeness (QED) is 0.918. The van der Waals surface area contributed by atoms with Crippen molar-refractivity contribution >= 4 is 0 Å². The first kappa shape index (κ1) is 13.6. The summed E-state index contributed by atoms with van der Waals surface area (Å²) in [6.07, 6.45) is 0. The fraction of sp³-hybridized carbons (Fsp3) is 0.333. The van der Waals surface area contributed by atoms with Gasteiger partial charge in [-0.25, -0.2) is 4.68 Å². The van der Waals surface area contributed by atoms with E-state index >= 15 is 0 Å². The molecule has 0 spiro atoms. The minimum absolute atomic E-state index is 0.0829. The van der Waals surface area contributed by atoms with Crippen LogP contribution >= 0.6 is 0 Å². The summed E-state index contributed by atoms with van der Waals surface area (Å²) < 4.78 is 12.0. The molecular weight excluding hydrogens is 270 g/mol. The third-order valence-corrected chi connectivity index (χ3v) is 3.37. The fourth-order valence-corrected chi connectivity index (χ4v) is 2.25. The summed E-state index contributed by atoms with van der Waals surface area (Å²) in [6.45, 7) is 3.59. The van der Waals surface area contributed by atoms with E-state index in [-0.39, 0.29) is 12.4 Å². The van der Waals surface area contributed by atoms with Crippen molar-refractivity contribution in [2.45, 2.75) is 13.5 Å². The van der Waals surface area contributed by atoms with Crippen molar-refractivity contribution in [2.75, 3.05) is 13.3 Å². The zero-order valence-electron chi connectivity index (χ0n) is 12.0. The first-order valence-corrected chi connectivity index (χ1v) is 6.87. The Hall–Kier alpha value is -2.34. The van der Waals surface area contributed by atoms with Crippen LogP contribution in [0.5, 0.6) is 11.5 Å². The van der Waals surface area contributed by atoms with Crippen LogP contribution in [0.3, 0.4) is 0 Å². The van der Waals surface area contributed by atoms with Gasteiger partial charge in [-0.15, -0.1) is 0 Å². The summed E-state index contributed by atoms with van der Waals surface area (Å²) in [4.78, 5) is 12.1. The number of rotatable bonds is 4. The SMILES string of the molecule is CCNCc1cc(-c2ccc3c(c2)OCO3)nn(C)c1=O. The fourth-order valence-electron chi connectivity index (χ4n) is 2.25. The largest absolute Gasteiger partial charge is 0.454 e. The van der Waals surface area contributed by atoms with Crippen LogP contribution in [0.15, 0.2) is 29.1 Å². The molecule has 0 amide bonds. The van der Waals surface area contributed by atoms with E-state index in [1.165, 1.54) is 4.68 Å². The molecule has 2 heterocycles. The Balaban J connectivity index is 2.02. The molecule has 110 valence electrons. The van der Waals surface area contributed by atoms with Crippen molar-refractivity contribution in [3.8, 4) is 22.8 Å². The van der Waals surface area contributed by atoms with Crippen LogP contribution in [0.2, 0.25) is 0 Å². The third-order valence-electron chi connectivity index (χ3n) is 3.37. The summed E-state index contributed by atoms with van der Waals surface area (Å²) in [5, 5.41) is 7.48. The van der Waals surface area contributed by atoms with Crippen molar-refractivity contribution < 1.29 is 9.47 Å². The van der Waals surface area contributed by atoms with E-state index in [4.69, 9.17) is 9.47 Å². The van der Waals surface area contributed by atoms with Crippen LogP contribution in [-0.4, -0.2) is 23.1 Å². The lowest BCUT2D eigenvalue weighted by Gasteiger charge is -2.08. The highest BCUT2D eigenvalue weighted by atomic mass is 16.7. The second-order valence-corrected chi connectivity index (χ2v) is 4.83. The second-order valence-electron chi connectivity index (χ2n) is 4.83. The highest BCUT2D eigenvalue weighted by molar-refractivity contribution is 5.64. The van der Waals surface area contributed by atoms with Gasteiger partial charge in [-0.3, -0.25) is 4.79 Å². The van der Waals surface area contributed by atoms with Crippen LogP contribution in [0.1, 0.15) is 12.5 Å². The molecule has 6 heteroatoms. The third kappa shape index (κ3) is 2.62. The van der Waals surface area contributed by atoms with E-state index < -0.39 is 0 Å². The Labute approximate surface area is 122 Å². The van der Waals surface area contributed by atoms with E-state index in [0.717, 1.165) is 23.6 Å². The molecule has 0 atom stereocenters. The van der Waals surface area contributed by atoms with Gasteiger partial charge in [-0.1, -0.05) is 6.92 Å². The van der Waals surface area contributed by atoms with Crippen LogP contribution in [0.4, 0.5) is 0 Å². The molecule has 0 saturated carbocycles. The van der Waals surface area contributed by atoms with Gasteiger partial charge in [0.1, 0.15) is 0 Å². The van der Waals surface area contributed by atoms with E-state index in [2.05, 4.69) is 10.4 Å². The van der Waals surface area contributed by atoms with Crippen molar-refractivity contribution in [1.82, 2.24) is 15.1 Å². The molecule has 1 aliphatic rings. The number of aromatic nitrogens is 2. The lowest BCUT2D eigenvalue weighted by Crippen LogP contribution is -2.27. The van der Waals surface area contributed by atoms with E-state index in [9.17, 15) is 4.79 Å². The Morgan fingerprint density at radius 3 is 2.90 bits per heavy atom. The monoisotopic (exact) mass is 287 g/mol. The van der Waals surface area contributed by atoms with Gasteiger partial charge in [-0.2, -0.15) is 5.10 Å². The van der Waals surface area contributed by atoms with Crippen molar-refractivity contribution in [1.29, 1.82) is 0 Å². The number of fused-ring (bicyclic) bond motifs is 1. The molecule has 0 saturated heterocycles. The minimum atomic E-state index is -0.0829. The van der Waals surface area contributed by atoms with Crippen LogP contribution in [0, 0.1) is 0 Å². The van der Waals surface area contributed by atoms with Crippen LogP contribution in [0.25, 0.3) is 11.3 Å². The van der Waals surface area contributed by atoms with Gasteiger partial charge in [0.05, 0.1) is 5.69 Å². The molecule has 1 aromatic carbocycles. The molecule has 0 fully saturated rings. The zero-order valence-corrected chi connectivity index (χ0v) is 12.0. The summed E-state index contributed by atoms with van der Waals surface area (Å²) in [5.74, 6) is 1.44. The number of nitrogens with zero attached hydrogens (tertiary/aromatic N) is 2. The highest BCUT2D eigenvalue weighted by Gasteiger charge is 2.15. The Morgan fingerprint density at radius 2 is 2.10 bits per heavy atom. The lowest BCUT2D eigenvalue weighted by atomic mass is 10.1. The van der Waals surface area contributed by atoms with Gasteiger partial charge in [0.25, 0.3) is 5.56 Å². The maximum Gasteiger partial charge on any atom is 0.271 e. The number of ether oxygens (including phenoxy) is 2. The lowest BCUT2D eigenvalue weighted by molar-refractivity contribution is 0.174. The molecule has 2 aromatic rings. The van der Waals surface area contributed by atoms with Gasteiger partial charge in [0, 0.05) is 24.7 Å². The average Bonchev–Trinajstić information content (AvgIpc) is 2.96. The number of hydrogen-bond acceptors (Lipinski definition) is 5. The topological polar surface area (TPSA) is 65.4 Å². The van der Waals surface area contributed by atoms with Crippen LogP contribution < -0.4 is 20.3 Å². The van der Waals surface area contributed by atoms with E-state index in [1.807, 2.05) is 31.2 Å². The highest BCUT2D eigenvalue weighted by Crippen LogP contribution is 2.35. The smallest absolute Gasteiger partial charge is 0.271 e. The van der Waals surface area contributed by atoms with Gasteiger partial charge >= 0.3 is 0 Å². The van der Waals surface area contributed by atoms with Crippen molar-refractivity contribution in [3.63, 3.8) is 0 Å². The first-order valence-electron chi connectivity index (χ1n) is 6.87. The molecule has 21 heavy (non-hydrogen) atoms. The molecule has 0 unspecified atom stereocenters. The van der Waals surface area contributed by atoms with Crippen molar-refractivity contribution in [3.05, 3.63) is 40.2 Å². The van der Waals surface area contributed by atoms with Crippen LogP contribution in [-0.2, 0) is 13.6 Å². The Morgan fingerprint density at radius 1 is 1.29 bits per heavy atom. The van der Waals surface area contributed by atoms with E-state index in [1.54, 1.807) is 7.05 Å². The first-order chi connectivity index (χ1) is 10.2. The molecular formula is C15H17N3O3. The molecule has 6 nitrogen and oxygen atoms in total. The molecule has 0 aliphatic carbocycles. The van der Waals surface area contributed by atoms with Gasteiger partial charge in [-0.05, 0) is 30.8 Å². The Bertz CT molecular complexity index is 725. The molecule has 0 bridgehead atoms. The molecule has 1 aliphatic heterocycles. The standard InChI is InChI=1S/C15H17N3O3/c1-3-16-8-11-6-12(17-18(2)15(11)19)10-4-5-13-14(7-10)21-9-20-13/h4-7,16H,3,8-9H2,1-2H3. The van der Waals surface area contributed by atoms with Crippen molar-refractivity contribution in [2.24, 2.45) is 7.05 Å². The van der Waals surface area contributed by atoms with Gasteiger partial charge in [0.15, 0.2) is 11.5 Å². The summed E-state index contributed by atoms with van der Waals surface area (Å²) in [6, 6.07) is 7.47. The average molecular weight is 287 g/mol. The normalized spacial score (nSPS) is 12.7. The predicted octanol–water partition coefficient (Wildman–Crippen LogP) is 1.29. The predicted molar refractivity (Wildman–Crippen MR) is 78.4 cm³/mol. The molecule has 1 aromatic heterocycles. The molecule has 3 rings (SSSR count). The van der Waals surface area contributed by atoms with Gasteiger partial charge in [0.2, 0.25) is 6.79 Å². The summed E-state index contributed by atoms with van der Waals surface area (Å²) in [5.41, 5.74) is 2.25. The van der Waals surface area contributed by atoms with Gasteiger partial charge < -0.3 is 14.8 Å². The number of aryl methyl sites for hydroxylation is 1.